The maximum atomic E-state index is 12.2. The van der Waals surface area contributed by atoms with E-state index in [0.717, 1.165) is 19.3 Å². The number of rotatable bonds is 10. The highest BCUT2D eigenvalue weighted by Crippen LogP contribution is 2.45. The lowest BCUT2D eigenvalue weighted by Gasteiger charge is -2.47. The Labute approximate surface area is 141 Å². The molecule has 0 amide bonds. The van der Waals surface area contributed by atoms with Crippen LogP contribution in [0.5, 0.6) is 0 Å². The minimum atomic E-state index is -4.04. The van der Waals surface area contributed by atoms with E-state index in [9.17, 15) is 13.2 Å². The average Bonchev–Trinajstić information content (AvgIpc) is 2.36. The second kappa shape index (κ2) is 7.97. The van der Waals surface area contributed by atoms with Crippen LogP contribution in [0.25, 0.3) is 0 Å². The molecule has 1 unspecified atom stereocenters. The molecule has 138 valence electrons. The summed E-state index contributed by atoms with van der Waals surface area (Å²) in [6, 6.07) is 0. The van der Waals surface area contributed by atoms with Gasteiger partial charge in [0.2, 0.25) is 0 Å². The Bertz CT molecular complexity index is 493. The van der Waals surface area contributed by atoms with E-state index in [0.29, 0.717) is 0 Å². The first kappa shape index (κ1) is 22.4. The zero-order chi connectivity index (χ0) is 18.5. The summed E-state index contributed by atoms with van der Waals surface area (Å²) in [5.41, 5.74) is -0.787. The normalized spacial score (nSPS) is 16.0. The Morgan fingerprint density at radius 2 is 1.57 bits per heavy atom. The predicted molar refractivity (Wildman–Crippen MR) is 92.9 cm³/mol. The molecule has 0 aromatic carbocycles. The van der Waals surface area contributed by atoms with Gasteiger partial charge in [0.25, 0.3) is 10.1 Å². The largest absolute Gasteiger partial charge is 0.459 e. The SMILES string of the molecule is CCC(C)(C)CC(C)(OC(=O)CCCS(=O)(=O)O)C(C)(C)CC. The molecule has 0 bridgehead atoms. The second-order valence-corrected chi connectivity index (χ2v) is 9.60. The molecule has 23 heavy (non-hydrogen) atoms. The Balaban J connectivity index is 5.07. The van der Waals surface area contributed by atoms with E-state index >= 15 is 0 Å². The summed E-state index contributed by atoms with van der Waals surface area (Å²) in [7, 11) is -4.04. The van der Waals surface area contributed by atoms with Crippen LogP contribution in [0, 0.1) is 10.8 Å². The third-order valence-corrected chi connectivity index (χ3v) is 6.02. The van der Waals surface area contributed by atoms with E-state index in [1.807, 2.05) is 6.92 Å². The van der Waals surface area contributed by atoms with E-state index in [-0.39, 0.29) is 23.7 Å². The summed E-state index contributed by atoms with van der Waals surface area (Å²) >= 11 is 0. The summed E-state index contributed by atoms with van der Waals surface area (Å²) in [6.07, 6.45) is 2.63. The Hall–Kier alpha value is -0.620. The molecule has 0 saturated heterocycles. The van der Waals surface area contributed by atoms with Gasteiger partial charge in [-0.25, -0.2) is 0 Å². The van der Waals surface area contributed by atoms with Gasteiger partial charge in [0.15, 0.2) is 0 Å². The van der Waals surface area contributed by atoms with Crippen molar-refractivity contribution < 1.29 is 22.5 Å². The highest BCUT2D eigenvalue weighted by molar-refractivity contribution is 7.85. The Kier molecular flexibility index (Phi) is 7.75. The predicted octanol–water partition coefficient (Wildman–Crippen LogP) is 4.22. The molecule has 0 aliphatic heterocycles. The van der Waals surface area contributed by atoms with E-state index in [1.165, 1.54) is 0 Å². The summed E-state index contributed by atoms with van der Waals surface area (Å²) < 4.78 is 36.0. The second-order valence-electron chi connectivity index (χ2n) is 8.03. The molecule has 0 saturated carbocycles. The lowest BCUT2D eigenvalue weighted by molar-refractivity contribution is -0.178. The van der Waals surface area contributed by atoms with Crippen molar-refractivity contribution in [1.82, 2.24) is 0 Å². The number of carbonyl (C=O) groups is 1. The van der Waals surface area contributed by atoms with Crippen LogP contribution < -0.4 is 0 Å². The monoisotopic (exact) mass is 350 g/mol. The molecule has 6 heteroatoms. The van der Waals surface area contributed by atoms with Gasteiger partial charge >= 0.3 is 5.97 Å². The molecule has 1 N–H and O–H groups in total. The Morgan fingerprint density at radius 3 is 1.96 bits per heavy atom. The van der Waals surface area contributed by atoms with E-state index in [1.54, 1.807) is 0 Å². The molecule has 0 aromatic rings. The first-order valence-corrected chi connectivity index (χ1v) is 9.96. The summed E-state index contributed by atoms with van der Waals surface area (Å²) in [5.74, 6) is -0.833. The van der Waals surface area contributed by atoms with Crippen LogP contribution in [0.15, 0.2) is 0 Å². The van der Waals surface area contributed by atoms with Crippen LogP contribution in [-0.4, -0.2) is 30.3 Å². The smallest absolute Gasteiger partial charge is 0.306 e. The lowest BCUT2D eigenvalue weighted by atomic mass is 9.66. The molecule has 0 aromatic heterocycles. The molecule has 0 rings (SSSR count). The van der Waals surface area contributed by atoms with Gasteiger partial charge in [0.1, 0.15) is 5.60 Å². The zero-order valence-corrected chi connectivity index (χ0v) is 16.5. The van der Waals surface area contributed by atoms with Crippen molar-refractivity contribution in [2.75, 3.05) is 5.75 Å². The topological polar surface area (TPSA) is 80.7 Å². The fourth-order valence-electron chi connectivity index (χ4n) is 2.53. The van der Waals surface area contributed by atoms with Gasteiger partial charge in [-0.1, -0.05) is 48.0 Å². The summed E-state index contributed by atoms with van der Waals surface area (Å²) in [4.78, 5) is 12.2. The first-order chi connectivity index (χ1) is 10.2. The van der Waals surface area contributed by atoms with Gasteiger partial charge in [-0.15, -0.1) is 0 Å². The molecule has 0 aliphatic carbocycles. The minimum Gasteiger partial charge on any atom is -0.459 e. The molecule has 1 atom stereocenters. The molecule has 0 spiro atoms. The summed E-state index contributed by atoms with van der Waals surface area (Å²) in [6.45, 7) is 14.6. The van der Waals surface area contributed by atoms with Crippen LogP contribution in [0.1, 0.15) is 80.6 Å². The lowest BCUT2D eigenvalue weighted by Crippen LogP contribution is -2.48. The van der Waals surface area contributed by atoms with Crippen molar-refractivity contribution in [3.63, 3.8) is 0 Å². The van der Waals surface area contributed by atoms with Crippen LogP contribution in [0.2, 0.25) is 0 Å². The van der Waals surface area contributed by atoms with Gasteiger partial charge in [0.05, 0.1) is 5.75 Å². The summed E-state index contributed by atoms with van der Waals surface area (Å²) in [5, 5.41) is 0. The maximum absolute atomic E-state index is 12.2. The maximum Gasteiger partial charge on any atom is 0.306 e. The quantitative estimate of drug-likeness (QED) is 0.471. The average molecular weight is 351 g/mol. The number of esters is 1. The van der Waals surface area contributed by atoms with E-state index in [4.69, 9.17) is 9.29 Å². The van der Waals surface area contributed by atoms with Gasteiger partial charge in [-0.05, 0) is 31.6 Å². The molecule has 0 fully saturated rings. The molecular weight excluding hydrogens is 316 g/mol. The fourth-order valence-corrected chi connectivity index (χ4v) is 3.04. The minimum absolute atomic E-state index is 0.0122. The van der Waals surface area contributed by atoms with E-state index in [2.05, 4.69) is 41.5 Å². The third kappa shape index (κ3) is 7.66. The van der Waals surface area contributed by atoms with Crippen molar-refractivity contribution >= 4 is 16.1 Å². The van der Waals surface area contributed by atoms with Crippen LogP contribution in [-0.2, 0) is 19.6 Å². The van der Waals surface area contributed by atoms with Crippen molar-refractivity contribution in [3.05, 3.63) is 0 Å². The highest BCUT2D eigenvalue weighted by Gasteiger charge is 2.46. The van der Waals surface area contributed by atoms with Gasteiger partial charge in [-0.2, -0.15) is 8.42 Å². The zero-order valence-electron chi connectivity index (χ0n) is 15.7. The Morgan fingerprint density at radius 1 is 1.04 bits per heavy atom. The van der Waals surface area contributed by atoms with E-state index < -0.39 is 27.4 Å². The van der Waals surface area contributed by atoms with Crippen LogP contribution in [0.4, 0.5) is 0 Å². The van der Waals surface area contributed by atoms with Crippen molar-refractivity contribution in [2.24, 2.45) is 10.8 Å². The van der Waals surface area contributed by atoms with Gasteiger partial charge < -0.3 is 4.74 Å². The molecule has 0 heterocycles. The molecule has 0 radical (unpaired) electrons. The van der Waals surface area contributed by atoms with Crippen molar-refractivity contribution in [2.45, 2.75) is 86.2 Å². The first-order valence-electron chi connectivity index (χ1n) is 8.35. The molecule has 0 aliphatic rings. The molecule has 5 nitrogen and oxygen atoms in total. The number of hydrogen-bond donors (Lipinski definition) is 1. The van der Waals surface area contributed by atoms with Crippen LogP contribution >= 0.6 is 0 Å². The van der Waals surface area contributed by atoms with Crippen molar-refractivity contribution in [3.8, 4) is 0 Å². The number of hydrogen-bond acceptors (Lipinski definition) is 4. The fraction of sp³-hybridized carbons (Fsp3) is 0.941. The van der Waals surface area contributed by atoms with Gasteiger partial charge in [0, 0.05) is 11.8 Å². The molecular formula is C17H34O5S. The third-order valence-electron chi connectivity index (χ3n) is 5.21. The standard InChI is InChI=1S/C17H34O5S/c1-8-15(3,4)13-17(7,16(5,6)9-2)22-14(18)11-10-12-23(19,20)21/h8-13H2,1-7H3,(H,19,20,21). The van der Waals surface area contributed by atoms with Crippen molar-refractivity contribution in [1.29, 1.82) is 0 Å². The number of carbonyl (C=O) groups excluding carboxylic acids is 1. The van der Waals surface area contributed by atoms with Crippen LogP contribution in [0.3, 0.4) is 0 Å². The highest BCUT2D eigenvalue weighted by atomic mass is 32.2. The number of ether oxygens (including phenoxy) is 1. The van der Waals surface area contributed by atoms with Gasteiger partial charge in [-0.3, -0.25) is 9.35 Å².